The molecule has 0 bridgehead atoms. The lowest BCUT2D eigenvalue weighted by Gasteiger charge is -2.19. The molecule has 1 aliphatic carbocycles. The number of urea groups is 1. The molecule has 5 heteroatoms. The number of rotatable bonds is 6. The van der Waals surface area contributed by atoms with Crippen LogP contribution in [0.3, 0.4) is 0 Å². The van der Waals surface area contributed by atoms with Crippen LogP contribution in [0.4, 0.5) is 4.79 Å². The molecule has 90 valence electrons. The molecule has 0 radical (unpaired) electrons. The van der Waals surface area contributed by atoms with Crippen LogP contribution in [0.5, 0.6) is 0 Å². The van der Waals surface area contributed by atoms with E-state index < -0.39 is 0 Å². The molecule has 0 heterocycles. The van der Waals surface area contributed by atoms with Crippen LogP contribution in [-0.4, -0.2) is 42.5 Å². The molecule has 0 atom stereocenters. The Balaban J connectivity index is 2.13. The van der Waals surface area contributed by atoms with Gasteiger partial charge in [-0.15, -0.1) is 6.58 Å². The summed E-state index contributed by atoms with van der Waals surface area (Å²) in [5.41, 5.74) is 0. The highest BCUT2D eigenvalue weighted by atomic mass is 16.2. The van der Waals surface area contributed by atoms with E-state index in [0.29, 0.717) is 25.7 Å². The van der Waals surface area contributed by atoms with E-state index in [1.807, 2.05) is 0 Å². The van der Waals surface area contributed by atoms with Crippen LogP contribution in [0.15, 0.2) is 12.7 Å². The summed E-state index contributed by atoms with van der Waals surface area (Å²) in [4.78, 5) is 24.0. The Labute approximate surface area is 95.9 Å². The van der Waals surface area contributed by atoms with E-state index in [9.17, 15) is 9.59 Å². The van der Waals surface area contributed by atoms with Gasteiger partial charge in [0.2, 0.25) is 5.91 Å². The zero-order valence-electron chi connectivity index (χ0n) is 9.66. The van der Waals surface area contributed by atoms with Crippen molar-refractivity contribution in [2.75, 3.05) is 19.6 Å². The highest BCUT2D eigenvalue weighted by Crippen LogP contribution is 2.18. The van der Waals surface area contributed by atoms with Gasteiger partial charge in [-0.2, -0.15) is 0 Å². The third kappa shape index (κ3) is 4.82. The minimum absolute atomic E-state index is 0.00991. The van der Waals surface area contributed by atoms with Gasteiger partial charge < -0.3 is 15.5 Å². The standard InChI is InChI=1S/C11H19N3O2/c1-3-7-14(9(2)15)8-6-12-11(16)13-10-4-5-10/h3,10H,1,4-8H2,2H3,(H2,12,13,16). The van der Waals surface area contributed by atoms with Gasteiger partial charge in [0.05, 0.1) is 0 Å². The molecule has 0 aromatic rings. The molecule has 1 aliphatic rings. The Morgan fingerprint density at radius 3 is 2.69 bits per heavy atom. The van der Waals surface area contributed by atoms with Gasteiger partial charge in [-0.3, -0.25) is 4.79 Å². The molecular weight excluding hydrogens is 206 g/mol. The maximum Gasteiger partial charge on any atom is 0.315 e. The van der Waals surface area contributed by atoms with Crippen LogP contribution in [0.1, 0.15) is 19.8 Å². The van der Waals surface area contributed by atoms with Crippen molar-refractivity contribution in [3.05, 3.63) is 12.7 Å². The van der Waals surface area contributed by atoms with E-state index in [1.165, 1.54) is 6.92 Å². The lowest BCUT2D eigenvalue weighted by molar-refractivity contribution is -0.128. The van der Waals surface area contributed by atoms with Crippen molar-refractivity contribution in [1.29, 1.82) is 0 Å². The monoisotopic (exact) mass is 225 g/mol. The summed E-state index contributed by atoms with van der Waals surface area (Å²) < 4.78 is 0. The van der Waals surface area contributed by atoms with Crippen molar-refractivity contribution in [1.82, 2.24) is 15.5 Å². The Bertz CT molecular complexity index is 274. The summed E-state index contributed by atoms with van der Waals surface area (Å²) in [6, 6.07) is 0.210. The molecule has 1 saturated carbocycles. The predicted molar refractivity (Wildman–Crippen MR) is 62.0 cm³/mol. The minimum Gasteiger partial charge on any atom is -0.337 e. The molecule has 0 aromatic heterocycles. The number of amides is 3. The normalized spacial score (nSPS) is 14.1. The van der Waals surface area contributed by atoms with Gasteiger partial charge in [-0.1, -0.05) is 6.08 Å². The first kappa shape index (κ1) is 12.5. The van der Waals surface area contributed by atoms with E-state index in [-0.39, 0.29) is 11.9 Å². The van der Waals surface area contributed by atoms with E-state index in [0.717, 1.165) is 12.8 Å². The Morgan fingerprint density at radius 1 is 1.50 bits per heavy atom. The average Bonchev–Trinajstić information content (AvgIpc) is 3.00. The lowest BCUT2D eigenvalue weighted by Crippen LogP contribution is -2.42. The third-order valence-corrected chi connectivity index (χ3v) is 2.37. The molecule has 3 amide bonds. The smallest absolute Gasteiger partial charge is 0.315 e. The average molecular weight is 225 g/mol. The maximum absolute atomic E-state index is 11.3. The molecule has 1 rings (SSSR count). The minimum atomic E-state index is -0.149. The largest absolute Gasteiger partial charge is 0.337 e. The summed E-state index contributed by atoms with van der Waals surface area (Å²) in [6.45, 7) is 6.58. The molecule has 0 aliphatic heterocycles. The fourth-order valence-corrected chi connectivity index (χ4v) is 1.30. The molecule has 0 saturated heterocycles. The summed E-state index contributed by atoms with van der Waals surface area (Å²) in [7, 11) is 0. The van der Waals surface area contributed by atoms with Gasteiger partial charge in [0.1, 0.15) is 0 Å². The lowest BCUT2D eigenvalue weighted by atomic mass is 10.4. The molecule has 0 unspecified atom stereocenters. The van der Waals surface area contributed by atoms with Crippen molar-refractivity contribution < 1.29 is 9.59 Å². The van der Waals surface area contributed by atoms with Gasteiger partial charge in [0, 0.05) is 32.6 Å². The number of carbonyl (C=O) groups is 2. The SMILES string of the molecule is C=CCN(CCNC(=O)NC1CC1)C(C)=O. The van der Waals surface area contributed by atoms with Crippen LogP contribution in [0.25, 0.3) is 0 Å². The van der Waals surface area contributed by atoms with Gasteiger partial charge in [0.15, 0.2) is 0 Å². The molecular formula is C11H19N3O2. The molecule has 1 fully saturated rings. The molecule has 16 heavy (non-hydrogen) atoms. The van der Waals surface area contributed by atoms with Crippen LogP contribution in [-0.2, 0) is 4.79 Å². The summed E-state index contributed by atoms with van der Waals surface area (Å²) >= 11 is 0. The first-order chi connectivity index (χ1) is 7.63. The second-order valence-corrected chi connectivity index (χ2v) is 3.93. The summed E-state index contributed by atoms with van der Waals surface area (Å²) in [5, 5.41) is 5.53. The van der Waals surface area contributed by atoms with Crippen molar-refractivity contribution >= 4 is 11.9 Å². The van der Waals surface area contributed by atoms with E-state index in [2.05, 4.69) is 17.2 Å². The Morgan fingerprint density at radius 2 is 2.19 bits per heavy atom. The molecule has 2 N–H and O–H groups in total. The first-order valence-electron chi connectivity index (χ1n) is 5.54. The van der Waals surface area contributed by atoms with Gasteiger partial charge in [-0.05, 0) is 12.8 Å². The van der Waals surface area contributed by atoms with E-state index in [1.54, 1.807) is 11.0 Å². The van der Waals surface area contributed by atoms with Crippen molar-refractivity contribution in [3.63, 3.8) is 0 Å². The van der Waals surface area contributed by atoms with Crippen LogP contribution < -0.4 is 10.6 Å². The number of nitrogens with zero attached hydrogens (tertiary/aromatic N) is 1. The van der Waals surface area contributed by atoms with E-state index >= 15 is 0 Å². The van der Waals surface area contributed by atoms with Crippen LogP contribution in [0.2, 0.25) is 0 Å². The number of carbonyl (C=O) groups excluding carboxylic acids is 2. The maximum atomic E-state index is 11.3. The highest BCUT2D eigenvalue weighted by molar-refractivity contribution is 5.75. The number of hydrogen-bond donors (Lipinski definition) is 2. The zero-order chi connectivity index (χ0) is 12.0. The van der Waals surface area contributed by atoms with Crippen molar-refractivity contribution in [2.45, 2.75) is 25.8 Å². The summed E-state index contributed by atoms with van der Waals surface area (Å²) in [6.07, 6.45) is 3.82. The van der Waals surface area contributed by atoms with Crippen molar-refractivity contribution in [2.24, 2.45) is 0 Å². The number of nitrogens with one attached hydrogen (secondary N) is 2. The van der Waals surface area contributed by atoms with Gasteiger partial charge in [0.25, 0.3) is 0 Å². The highest BCUT2D eigenvalue weighted by Gasteiger charge is 2.22. The third-order valence-electron chi connectivity index (χ3n) is 2.37. The quantitative estimate of drug-likeness (QED) is 0.646. The fraction of sp³-hybridized carbons (Fsp3) is 0.636. The fourth-order valence-electron chi connectivity index (χ4n) is 1.30. The predicted octanol–water partition coefficient (Wildman–Crippen LogP) is 0.482. The Hall–Kier alpha value is -1.52. The second kappa shape index (κ2) is 6.15. The second-order valence-electron chi connectivity index (χ2n) is 3.93. The number of hydrogen-bond acceptors (Lipinski definition) is 2. The summed E-state index contributed by atoms with van der Waals surface area (Å²) in [5.74, 6) is -0.00991. The van der Waals surface area contributed by atoms with Gasteiger partial charge >= 0.3 is 6.03 Å². The van der Waals surface area contributed by atoms with Crippen LogP contribution in [0, 0.1) is 0 Å². The Kier molecular flexibility index (Phi) is 4.82. The molecule has 5 nitrogen and oxygen atoms in total. The molecule has 0 aromatic carbocycles. The van der Waals surface area contributed by atoms with Gasteiger partial charge in [-0.25, -0.2) is 4.79 Å². The van der Waals surface area contributed by atoms with Crippen molar-refractivity contribution in [3.8, 4) is 0 Å². The first-order valence-corrected chi connectivity index (χ1v) is 5.54. The molecule has 0 spiro atoms. The van der Waals surface area contributed by atoms with E-state index in [4.69, 9.17) is 0 Å². The topological polar surface area (TPSA) is 61.4 Å². The van der Waals surface area contributed by atoms with Crippen LogP contribution >= 0.6 is 0 Å². The zero-order valence-corrected chi connectivity index (χ0v) is 9.66.